The van der Waals surface area contributed by atoms with Crippen molar-refractivity contribution in [1.82, 2.24) is 0 Å². The van der Waals surface area contributed by atoms with Crippen molar-refractivity contribution in [1.29, 1.82) is 0 Å². The van der Waals surface area contributed by atoms with Crippen LogP contribution in [0.15, 0.2) is 0 Å². The summed E-state index contributed by atoms with van der Waals surface area (Å²) >= 11 is 0. The van der Waals surface area contributed by atoms with E-state index >= 15 is 0 Å². The summed E-state index contributed by atoms with van der Waals surface area (Å²) in [6.07, 6.45) is 10.0. The number of hydrogen-bond acceptors (Lipinski definition) is 4. The van der Waals surface area contributed by atoms with Crippen molar-refractivity contribution in [2.75, 3.05) is 0 Å². The summed E-state index contributed by atoms with van der Waals surface area (Å²) in [5.74, 6) is -1.98. The third kappa shape index (κ3) is 7.89. The molecule has 19 heavy (non-hydrogen) atoms. The summed E-state index contributed by atoms with van der Waals surface area (Å²) in [7, 11) is 0. The van der Waals surface area contributed by atoms with Crippen LogP contribution in [0.2, 0.25) is 0 Å². The molecule has 5 heteroatoms. The SMILES string of the molecule is O=C([O-])C1CCCCC1.O=C([O-])C1CCCCC1.[Cd+2]. The molecule has 0 bridgehead atoms. The molecule has 0 atom stereocenters. The van der Waals surface area contributed by atoms with Crippen molar-refractivity contribution in [2.45, 2.75) is 64.2 Å². The number of carboxylic acid groups (broad SMARTS) is 2. The minimum Gasteiger partial charge on any atom is -0.550 e. The van der Waals surface area contributed by atoms with Crippen LogP contribution in [0.25, 0.3) is 0 Å². The maximum Gasteiger partial charge on any atom is 2.00 e. The van der Waals surface area contributed by atoms with Crippen LogP contribution in [0, 0.1) is 11.8 Å². The summed E-state index contributed by atoms with van der Waals surface area (Å²) in [4.78, 5) is 20.5. The van der Waals surface area contributed by atoms with Crippen molar-refractivity contribution in [2.24, 2.45) is 11.8 Å². The van der Waals surface area contributed by atoms with Gasteiger partial charge < -0.3 is 19.8 Å². The second-order valence-electron chi connectivity index (χ2n) is 5.31. The zero-order chi connectivity index (χ0) is 13.4. The first-order valence-electron chi connectivity index (χ1n) is 7.03. The first-order valence-corrected chi connectivity index (χ1v) is 7.03. The first kappa shape index (κ1) is 18.9. The predicted octanol–water partition coefficient (Wildman–Crippen LogP) is 0.631. The third-order valence-corrected chi connectivity index (χ3v) is 3.88. The Hall–Kier alpha value is -0.138. The molecule has 2 fully saturated rings. The molecular weight excluding hydrogens is 345 g/mol. The monoisotopic (exact) mass is 368 g/mol. The second-order valence-corrected chi connectivity index (χ2v) is 5.31. The van der Waals surface area contributed by atoms with E-state index < -0.39 is 11.9 Å². The minimum atomic E-state index is -0.852. The van der Waals surface area contributed by atoms with Gasteiger partial charge in [0.25, 0.3) is 0 Å². The molecule has 0 aromatic rings. The molecule has 0 N–H and O–H groups in total. The van der Waals surface area contributed by atoms with Crippen LogP contribution in [-0.2, 0) is 36.9 Å². The predicted molar refractivity (Wildman–Crippen MR) is 63.2 cm³/mol. The van der Waals surface area contributed by atoms with E-state index in [0.717, 1.165) is 51.4 Å². The van der Waals surface area contributed by atoms with Crippen LogP contribution < -0.4 is 10.2 Å². The van der Waals surface area contributed by atoms with E-state index in [1.165, 1.54) is 12.8 Å². The average molecular weight is 367 g/mol. The summed E-state index contributed by atoms with van der Waals surface area (Å²) < 4.78 is 0. The van der Waals surface area contributed by atoms with Crippen LogP contribution in [0.5, 0.6) is 0 Å². The van der Waals surface area contributed by atoms with Crippen molar-refractivity contribution in [3.8, 4) is 0 Å². The van der Waals surface area contributed by atoms with Gasteiger partial charge in [-0.2, -0.15) is 0 Å². The summed E-state index contributed by atoms with van der Waals surface area (Å²) in [5.41, 5.74) is 0. The van der Waals surface area contributed by atoms with E-state index in [-0.39, 0.29) is 39.1 Å². The molecule has 104 valence electrons. The molecule has 0 aromatic heterocycles. The smallest absolute Gasteiger partial charge is 0.550 e. The molecule has 2 saturated carbocycles. The molecule has 0 unspecified atom stereocenters. The quantitative estimate of drug-likeness (QED) is 0.671. The molecule has 0 aromatic carbocycles. The second kappa shape index (κ2) is 10.6. The number of rotatable bonds is 2. The molecule has 4 nitrogen and oxygen atoms in total. The van der Waals surface area contributed by atoms with E-state index in [2.05, 4.69) is 0 Å². The van der Waals surface area contributed by atoms with Gasteiger partial charge in [0.15, 0.2) is 0 Å². The van der Waals surface area contributed by atoms with Gasteiger partial charge in [0.1, 0.15) is 0 Å². The maximum absolute atomic E-state index is 10.2. The Balaban J connectivity index is 0.000000324. The van der Waals surface area contributed by atoms with Gasteiger partial charge in [-0.25, -0.2) is 0 Å². The summed E-state index contributed by atoms with van der Waals surface area (Å²) in [6.45, 7) is 0. The number of carbonyl (C=O) groups is 2. The molecule has 2 aliphatic carbocycles. The van der Waals surface area contributed by atoms with Gasteiger partial charge >= 0.3 is 27.3 Å². The first-order chi connectivity index (χ1) is 8.61. The zero-order valence-corrected chi connectivity index (χ0v) is 15.6. The number of aliphatic carboxylic acids is 2. The van der Waals surface area contributed by atoms with E-state index in [4.69, 9.17) is 0 Å². The van der Waals surface area contributed by atoms with E-state index in [1.807, 2.05) is 0 Å². The van der Waals surface area contributed by atoms with Gasteiger partial charge in [-0.05, 0) is 37.5 Å². The molecule has 0 aliphatic heterocycles. The van der Waals surface area contributed by atoms with E-state index in [0.29, 0.717) is 0 Å². The summed E-state index contributed by atoms with van der Waals surface area (Å²) in [6, 6.07) is 0. The van der Waals surface area contributed by atoms with Crippen LogP contribution >= 0.6 is 0 Å². The van der Waals surface area contributed by atoms with Crippen molar-refractivity contribution >= 4 is 11.9 Å². The molecular formula is C14H22CdO4. The molecule has 0 amide bonds. The fraction of sp³-hybridized carbons (Fsp3) is 0.857. The molecule has 0 radical (unpaired) electrons. The Kier molecular flexibility index (Phi) is 10.5. The number of carbonyl (C=O) groups excluding carboxylic acids is 2. The Morgan fingerprint density at radius 1 is 0.632 bits per heavy atom. The molecule has 2 rings (SSSR count). The zero-order valence-electron chi connectivity index (χ0n) is 11.6. The maximum atomic E-state index is 10.2. The average Bonchev–Trinajstić information content (AvgIpc) is 2.41. The van der Waals surface area contributed by atoms with Crippen LogP contribution in [-0.4, -0.2) is 11.9 Å². The van der Waals surface area contributed by atoms with Crippen LogP contribution in [0.1, 0.15) is 64.2 Å². The number of carboxylic acids is 2. The minimum absolute atomic E-state index is 0. The van der Waals surface area contributed by atoms with Gasteiger partial charge in [-0.1, -0.05) is 38.5 Å². The largest absolute Gasteiger partial charge is 2.00 e. The summed E-state index contributed by atoms with van der Waals surface area (Å²) in [5, 5.41) is 20.5. The fourth-order valence-electron chi connectivity index (χ4n) is 2.68. The van der Waals surface area contributed by atoms with Crippen molar-refractivity contribution < 1.29 is 47.1 Å². The Morgan fingerprint density at radius 3 is 1.05 bits per heavy atom. The van der Waals surface area contributed by atoms with Crippen LogP contribution in [0.3, 0.4) is 0 Å². The van der Waals surface area contributed by atoms with Gasteiger partial charge in [-0.3, -0.25) is 0 Å². The third-order valence-electron chi connectivity index (χ3n) is 3.88. The van der Waals surface area contributed by atoms with Gasteiger partial charge in [0.05, 0.1) is 0 Å². The normalized spacial score (nSPS) is 20.6. The number of hydrogen-bond donors (Lipinski definition) is 0. The van der Waals surface area contributed by atoms with Gasteiger partial charge in [0.2, 0.25) is 0 Å². The van der Waals surface area contributed by atoms with Crippen molar-refractivity contribution in [3.63, 3.8) is 0 Å². The molecule has 0 saturated heterocycles. The Morgan fingerprint density at radius 2 is 0.895 bits per heavy atom. The molecule has 0 heterocycles. The standard InChI is InChI=1S/2C7H12O2.Cd/c2*8-7(9)6-4-2-1-3-5-6;/h2*6H,1-5H2,(H,8,9);/q;;+2/p-2. The van der Waals surface area contributed by atoms with Crippen molar-refractivity contribution in [3.05, 3.63) is 0 Å². The fourth-order valence-corrected chi connectivity index (χ4v) is 2.68. The molecule has 0 spiro atoms. The Labute approximate surface area is 135 Å². The molecule has 2 aliphatic rings. The van der Waals surface area contributed by atoms with E-state index in [1.54, 1.807) is 0 Å². The Bertz CT molecular complexity index is 241. The van der Waals surface area contributed by atoms with Crippen LogP contribution in [0.4, 0.5) is 0 Å². The van der Waals surface area contributed by atoms with Gasteiger partial charge in [0, 0.05) is 11.9 Å². The van der Waals surface area contributed by atoms with E-state index in [9.17, 15) is 19.8 Å². The topological polar surface area (TPSA) is 80.3 Å². The van der Waals surface area contributed by atoms with Gasteiger partial charge in [-0.15, -0.1) is 0 Å².